The molecule has 0 aliphatic rings. The highest BCUT2D eigenvalue weighted by Gasteiger charge is 2.11. The van der Waals surface area contributed by atoms with Gasteiger partial charge in [0.1, 0.15) is 17.4 Å². The van der Waals surface area contributed by atoms with Crippen LogP contribution in [0.5, 0.6) is 0 Å². The molecule has 0 aliphatic carbocycles. The average Bonchev–Trinajstić information content (AvgIpc) is 2.71. The molecule has 0 radical (unpaired) electrons. The summed E-state index contributed by atoms with van der Waals surface area (Å²) in [6, 6.07) is 8.18. The van der Waals surface area contributed by atoms with E-state index in [0.29, 0.717) is 12.2 Å². The first-order valence-corrected chi connectivity index (χ1v) is 5.95. The molecule has 1 aromatic heterocycles. The monoisotopic (exact) mass is 218 g/mol. The minimum Gasteiger partial charge on any atom is -0.458 e. The van der Waals surface area contributed by atoms with Crippen LogP contribution in [0, 0.1) is 0 Å². The van der Waals surface area contributed by atoms with Gasteiger partial charge in [0.05, 0.1) is 0 Å². The summed E-state index contributed by atoms with van der Waals surface area (Å²) in [5.41, 5.74) is 2.19. The quantitative estimate of drug-likeness (QED) is 0.846. The Morgan fingerprint density at radius 2 is 2.06 bits per heavy atom. The fourth-order valence-electron chi connectivity index (χ4n) is 1.92. The SMILES string of the molecule is CCCc1ccc2oc(C(O)CC)cc2c1. The Morgan fingerprint density at radius 1 is 1.25 bits per heavy atom. The number of benzene rings is 1. The van der Waals surface area contributed by atoms with Crippen molar-refractivity contribution >= 4 is 11.0 Å². The number of rotatable bonds is 4. The normalized spacial score (nSPS) is 13.2. The van der Waals surface area contributed by atoms with Gasteiger partial charge >= 0.3 is 0 Å². The molecule has 1 heterocycles. The Balaban J connectivity index is 2.38. The molecule has 1 atom stereocenters. The van der Waals surface area contributed by atoms with Crippen LogP contribution in [0.4, 0.5) is 0 Å². The van der Waals surface area contributed by atoms with Gasteiger partial charge in [-0.2, -0.15) is 0 Å². The zero-order valence-electron chi connectivity index (χ0n) is 9.86. The van der Waals surface area contributed by atoms with Crippen LogP contribution in [0.15, 0.2) is 28.7 Å². The lowest BCUT2D eigenvalue weighted by atomic mass is 10.1. The fourth-order valence-corrected chi connectivity index (χ4v) is 1.92. The molecule has 2 heteroatoms. The van der Waals surface area contributed by atoms with Crippen LogP contribution in [0.2, 0.25) is 0 Å². The second-order valence-electron chi connectivity index (χ2n) is 4.19. The van der Waals surface area contributed by atoms with E-state index in [-0.39, 0.29) is 0 Å². The number of aliphatic hydroxyl groups is 1. The van der Waals surface area contributed by atoms with Crippen LogP contribution in [0.3, 0.4) is 0 Å². The van der Waals surface area contributed by atoms with Crippen molar-refractivity contribution in [1.82, 2.24) is 0 Å². The van der Waals surface area contributed by atoms with E-state index in [1.807, 2.05) is 19.1 Å². The van der Waals surface area contributed by atoms with Crippen LogP contribution in [-0.2, 0) is 6.42 Å². The fraction of sp³-hybridized carbons (Fsp3) is 0.429. The number of hydrogen-bond acceptors (Lipinski definition) is 2. The van der Waals surface area contributed by atoms with Gasteiger partial charge in [0.15, 0.2) is 0 Å². The maximum Gasteiger partial charge on any atom is 0.134 e. The molecule has 2 rings (SSSR count). The molecule has 0 fully saturated rings. The molecule has 16 heavy (non-hydrogen) atoms. The van der Waals surface area contributed by atoms with Crippen molar-refractivity contribution in [2.75, 3.05) is 0 Å². The highest BCUT2D eigenvalue weighted by Crippen LogP contribution is 2.26. The van der Waals surface area contributed by atoms with Gasteiger partial charge in [-0.3, -0.25) is 0 Å². The molecular weight excluding hydrogens is 200 g/mol. The van der Waals surface area contributed by atoms with Gasteiger partial charge in [-0.1, -0.05) is 26.3 Å². The molecule has 1 unspecified atom stereocenters. The van der Waals surface area contributed by atoms with Gasteiger partial charge in [0.25, 0.3) is 0 Å². The second kappa shape index (κ2) is 4.71. The van der Waals surface area contributed by atoms with Crippen LogP contribution < -0.4 is 0 Å². The van der Waals surface area contributed by atoms with Crippen LogP contribution in [0.25, 0.3) is 11.0 Å². The van der Waals surface area contributed by atoms with E-state index in [0.717, 1.165) is 23.8 Å². The molecule has 0 spiro atoms. The lowest BCUT2D eigenvalue weighted by Crippen LogP contribution is -1.90. The minimum atomic E-state index is -0.484. The Kier molecular flexibility index (Phi) is 3.30. The molecule has 0 aliphatic heterocycles. The van der Waals surface area contributed by atoms with Crippen molar-refractivity contribution < 1.29 is 9.52 Å². The zero-order chi connectivity index (χ0) is 11.5. The zero-order valence-corrected chi connectivity index (χ0v) is 9.86. The molecule has 0 bridgehead atoms. The Hall–Kier alpha value is -1.28. The lowest BCUT2D eigenvalue weighted by Gasteiger charge is -2.00. The molecule has 0 amide bonds. The molecule has 0 saturated heterocycles. The van der Waals surface area contributed by atoms with Crippen molar-refractivity contribution in [2.45, 2.75) is 39.2 Å². The Morgan fingerprint density at radius 3 is 2.75 bits per heavy atom. The number of aryl methyl sites for hydroxylation is 1. The summed E-state index contributed by atoms with van der Waals surface area (Å²) in [4.78, 5) is 0. The maximum absolute atomic E-state index is 9.71. The molecule has 1 N–H and O–H groups in total. The van der Waals surface area contributed by atoms with Crippen molar-refractivity contribution in [3.8, 4) is 0 Å². The van der Waals surface area contributed by atoms with Crippen LogP contribution in [-0.4, -0.2) is 5.11 Å². The first-order valence-electron chi connectivity index (χ1n) is 5.95. The standard InChI is InChI=1S/C14H18O2/c1-3-5-10-6-7-13-11(8-10)9-14(16-13)12(15)4-2/h6-9,12,15H,3-5H2,1-2H3. The summed E-state index contributed by atoms with van der Waals surface area (Å²) < 4.78 is 5.60. The van der Waals surface area contributed by atoms with E-state index in [9.17, 15) is 5.11 Å². The van der Waals surface area contributed by atoms with Gasteiger partial charge in [0, 0.05) is 5.39 Å². The molecule has 2 aromatic rings. The second-order valence-corrected chi connectivity index (χ2v) is 4.19. The van der Waals surface area contributed by atoms with Crippen molar-refractivity contribution in [3.63, 3.8) is 0 Å². The summed E-state index contributed by atoms with van der Waals surface area (Å²) >= 11 is 0. The van der Waals surface area contributed by atoms with Crippen molar-refractivity contribution in [3.05, 3.63) is 35.6 Å². The number of furan rings is 1. The first-order chi connectivity index (χ1) is 7.74. The lowest BCUT2D eigenvalue weighted by molar-refractivity contribution is 0.148. The third-order valence-electron chi connectivity index (χ3n) is 2.85. The number of aliphatic hydroxyl groups excluding tert-OH is 1. The average molecular weight is 218 g/mol. The van der Waals surface area contributed by atoms with E-state index < -0.39 is 6.10 Å². The van der Waals surface area contributed by atoms with Gasteiger partial charge in [-0.15, -0.1) is 0 Å². The molecular formula is C14H18O2. The molecule has 1 aromatic carbocycles. The first kappa shape index (κ1) is 11.2. The summed E-state index contributed by atoms with van der Waals surface area (Å²) in [6.07, 6.45) is 2.43. The van der Waals surface area contributed by atoms with E-state index in [1.54, 1.807) is 0 Å². The van der Waals surface area contributed by atoms with Gasteiger partial charge in [-0.25, -0.2) is 0 Å². The van der Waals surface area contributed by atoms with E-state index in [1.165, 1.54) is 5.56 Å². The molecule has 0 saturated carbocycles. The van der Waals surface area contributed by atoms with E-state index in [4.69, 9.17) is 4.42 Å². The topological polar surface area (TPSA) is 33.4 Å². The summed E-state index contributed by atoms with van der Waals surface area (Å²) in [5, 5.41) is 10.8. The van der Waals surface area contributed by atoms with Crippen LogP contribution in [0.1, 0.15) is 44.1 Å². The summed E-state index contributed by atoms with van der Waals surface area (Å²) in [5.74, 6) is 0.672. The predicted molar refractivity (Wildman–Crippen MR) is 65.5 cm³/mol. The summed E-state index contributed by atoms with van der Waals surface area (Å²) in [6.45, 7) is 4.12. The predicted octanol–water partition coefficient (Wildman–Crippen LogP) is 3.83. The van der Waals surface area contributed by atoms with Crippen LogP contribution >= 0.6 is 0 Å². The third kappa shape index (κ3) is 2.12. The minimum absolute atomic E-state index is 0.484. The van der Waals surface area contributed by atoms with E-state index in [2.05, 4.69) is 19.1 Å². The smallest absolute Gasteiger partial charge is 0.134 e. The number of hydrogen-bond donors (Lipinski definition) is 1. The van der Waals surface area contributed by atoms with Crippen molar-refractivity contribution in [2.24, 2.45) is 0 Å². The summed E-state index contributed by atoms with van der Waals surface area (Å²) in [7, 11) is 0. The maximum atomic E-state index is 9.71. The largest absolute Gasteiger partial charge is 0.458 e. The van der Waals surface area contributed by atoms with Crippen molar-refractivity contribution in [1.29, 1.82) is 0 Å². The highest BCUT2D eigenvalue weighted by atomic mass is 16.4. The van der Waals surface area contributed by atoms with Gasteiger partial charge in [0.2, 0.25) is 0 Å². The van der Waals surface area contributed by atoms with Gasteiger partial charge < -0.3 is 9.52 Å². The Labute approximate surface area is 95.9 Å². The highest BCUT2D eigenvalue weighted by molar-refractivity contribution is 5.78. The van der Waals surface area contributed by atoms with Gasteiger partial charge in [-0.05, 0) is 36.6 Å². The Bertz CT molecular complexity index is 471. The van der Waals surface area contributed by atoms with E-state index >= 15 is 0 Å². The third-order valence-corrected chi connectivity index (χ3v) is 2.85. The molecule has 86 valence electrons. The molecule has 2 nitrogen and oxygen atoms in total. The number of fused-ring (bicyclic) bond motifs is 1.